The molecule has 0 spiro atoms. The van der Waals surface area contributed by atoms with E-state index in [1.165, 1.54) is 6.92 Å². The van der Waals surface area contributed by atoms with Gasteiger partial charge in [-0.2, -0.15) is 0 Å². The molecule has 0 saturated heterocycles. The van der Waals surface area contributed by atoms with Crippen molar-refractivity contribution in [2.24, 2.45) is 0 Å². The lowest BCUT2D eigenvalue weighted by atomic mass is 10.2. The molecule has 0 saturated carbocycles. The lowest BCUT2D eigenvalue weighted by Crippen LogP contribution is -2.56. The number of carbonyl (C=O) groups is 2. The minimum atomic E-state index is -1.89. The van der Waals surface area contributed by atoms with E-state index in [0.29, 0.717) is 17.1 Å². The van der Waals surface area contributed by atoms with E-state index in [-0.39, 0.29) is 17.6 Å². The molecule has 0 aliphatic rings. The van der Waals surface area contributed by atoms with Gasteiger partial charge in [0.15, 0.2) is 11.7 Å². The molecule has 2 amide bonds. The molecule has 0 bridgehead atoms. The van der Waals surface area contributed by atoms with E-state index in [1.54, 1.807) is 36.4 Å². The van der Waals surface area contributed by atoms with Crippen LogP contribution in [-0.4, -0.2) is 33.5 Å². The van der Waals surface area contributed by atoms with Gasteiger partial charge in [0.1, 0.15) is 11.9 Å². The first-order valence-corrected chi connectivity index (χ1v) is 11.1. The van der Waals surface area contributed by atoms with Crippen molar-refractivity contribution in [2.75, 3.05) is 17.2 Å². The quantitative estimate of drug-likeness (QED) is 0.236. The number of hydrogen-bond donors (Lipinski definition) is 4. The van der Waals surface area contributed by atoms with Gasteiger partial charge in [0.25, 0.3) is 5.91 Å². The number of ether oxygens (including phenoxy) is 1. The number of anilines is 2. The van der Waals surface area contributed by atoms with Crippen LogP contribution in [0.3, 0.4) is 0 Å². The first-order valence-electron chi connectivity index (χ1n) is 9.60. The zero-order valence-corrected chi connectivity index (χ0v) is 20.5. The normalized spacial score (nSPS) is 11.8. The number of aryl methyl sites for hydroxylation is 1. The summed E-state index contributed by atoms with van der Waals surface area (Å²) in [6.07, 6.45) is -0.213. The van der Waals surface area contributed by atoms with Gasteiger partial charge in [0, 0.05) is 18.3 Å². The number of rotatable bonds is 8. The van der Waals surface area contributed by atoms with E-state index >= 15 is 0 Å². The fraction of sp³-hybridized carbons (Fsp3) is 0.286. The van der Waals surface area contributed by atoms with Crippen LogP contribution in [0.5, 0.6) is 5.75 Å². The molecular formula is C21H23Cl3N4O3S. The molecule has 2 aromatic carbocycles. The Morgan fingerprint density at radius 3 is 2.03 bits per heavy atom. The van der Waals surface area contributed by atoms with Gasteiger partial charge < -0.3 is 26.0 Å². The summed E-state index contributed by atoms with van der Waals surface area (Å²) in [5, 5.41) is 11.0. The molecule has 2 aromatic rings. The van der Waals surface area contributed by atoms with E-state index < -0.39 is 15.9 Å². The molecule has 0 fully saturated rings. The number of benzene rings is 2. The zero-order valence-electron chi connectivity index (χ0n) is 17.4. The predicted octanol–water partition coefficient (Wildman–Crippen LogP) is 4.39. The Morgan fingerprint density at radius 2 is 1.53 bits per heavy atom. The van der Waals surface area contributed by atoms with Crippen LogP contribution < -0.4 is 26.0 Å². The zero-order chi connectivity index (χ0) is 23.7. The number of alkyl halides is 3. The minimum Gasteiger partial charge on any atom is -0.484 e. The average molecular weight is 518 g/mol. The molecule has 0 heterocycles. The number of halogens is 3. The van der Waals surface area contributed by atoms with Crippen molar-refractivity contribution in [3.63, 3.8) is 0 Å². The predicted molar refractivity (Wildman–Crippen MR) is 134 cm³/mol. The molecular weight excluding hydrogens is 495 g/mol. The van der Waals surface area contributed by atoms with Crippen LogP contribution in [0.15, 0.2) is 48.5 Å². The molecule has 11 heteroatoms. The second-order valence-corrected chi connectivity index (χ2v) is 9.46. The van der Waals surface area contributed by atoms with Crippen LogP contribution in [0, 0.1) is 0 Å². The Hall–Kier alpha value is -2.26. The molecule has 0 aromatic heterocycles. The van der Waals surface area contributed by atoms with Gasteiger partial charge in [-0.15, -0.1) is 0 Å². The molecule has 0 radical (unpaired) electrons. The fourth-order valence-electron chi connectivity index (χ4n) is 2.51. The van der Waals surface area contributed by atoms with Crippen molar-refractivity contribution >= 4 is 75.3 Å². The third-order valence-corrected chi connectivity index (χ3v) is 4.95. The maximum atomic E-state index is 12.3. The summed E-state index contributed by atoms with van der Waals surface area (Å²) in [5.41, 5.74) is 2.43. The highest BCUT2D eigenvalue weighted by Gasteiger charge is 2.34. The maximum Gasteiger partial charge on any atom is 0.259 e. The summed E-state index contributed by atoms with van der Waals surface area (Å²) in [6.45, 7) is 3.20. The number of carbonyl (C=O) groups excluding carboxylic acids is 2. The summed E-state index contributed by atoms with van der Waals surface area (Å²) >= 11 is 23.2. The van der Waals surface area contributed by atoms with Crippen molar-refractivity contribution in [3.05, 3.63) is 54.1 Å². The third-order valence-electron chi connectivity index (χ3n) is 4.07. The highest BCUT2D eigenvalue weighted by molar-refractivity contribution is 7.80. The Balaban J connectivity index is 1.90. The second kappa shape index (κ2) is 12.1. The minimum absolute atomic E-state index is 0.116. The van der Waals surface area contributed by atoms with E-state index in [4.69, 9.17) is 51.8 Å². The van der Waals surface area contributed by atoms with Gasteiger partial charge in [-0.25, -0.2) is 0 Å². The molecule has 4 N–H and O–H groups in total. The average Bonchev–Trinajstić information content (AvgIpc) is 2.72. The van der Waals surface area contributed by atoms with Crippen molar-refractivity contribution in [3.8, 4) is 5.75 Å². The van der Waals surface area contributed by atoms with Crippen molar-refractivity contribution < 1.29 is 14.3 Å². The first-order chi connectivity index (χ1) is 15.1. The fourth-order valence-corrected chi connectivity index (χ4v) is 3.07. The van der Waals surface area contributed by atoms with E-state index in [2.05, 4.69) is 21.3 Å². The standard InChI is InChI=1S/C21H23Cl3N4O3S/c1-3-14-4-10-17(11-5-14)31-12-18(30)27-19(21(22,23)24)28-20(32)26-16-8-6-15(7-9-16)25-13(2)29/h4-11,19H,3,12H2,1-2H3,(H,25,29)(H,27,30)(H2,26,28,32). The lowest BCUT2D eigenvalue weighted by Gasteiger charge is -2.27. The largest absolute Gasteiger partial charge is 0.484 e. The topological polar surface area (TPSA) is 91.5 Å². The summed E-state index contributed by atoms with van der Waals surface area (Å²) < 4.78 is 3.58. The summed E-state index contributed by atoms with van der Waals surface area (Å²) in [5.74, 6) is -0.127. The van der Waals surface area contributed by atoms with E-state index in [1.807, 2.05) is 19.1 Å². The highest BCUT2D eigenvalue weighted by Crippen LogP contribution is 2.29. The number of thiocarbonyl (C=S) groups is 1. The van der Waals surface area contributed by atoms with Crippen LogP contribution in [0.25, 0.3) is 0 Å². The van der Waals surface area contributed by atoms with Gasteiger partial charge in [0.05, 0.1) is 0 Å². The smallest absolute Gasteiger partial charge is 0.259 e. The molecule has 0 aliphatic carbocycles. The van der Waals surface area contributed by atoms with E-state index in [9.17, 15) is 9.59 Å². The van der Waals surface area contributed by atoms with Crippen LogP contribution in [0.2, 0.25) is 0 Å². The van der Waals surface area contributed by atoms with Gasteiger partial charge in [0.2, 0.25) is 9.70 Å². The monoisotopic (exact) mass is 516 g/mol. The number of nitrogens with one attached hydrogen (secondary N) is 4. The Morgan fingerprint density at radius 1 is 0.969 bits per heavy atom. The van der Waals surface area contributed by atoms with E-state index in [0.717, 1.165) is 12.0 Å². The number of hydrogen-bond acceptors (Lipinski definition) is 4. The van der Waals surface area contributed by atoms with Gasteiger partial charge >= 0.3 is 0 Å². The Labute approximate surface area is 207 Å². The maximum absolute atomic E-state index is 12.3. The Bertz CT molecular complexity index is 935. The molecule has 172 valence electrons. The molecule has 2 rings (SSSR count). The van der Waals surface area contributed by atoms with Crippen LogP contribution >= 0.6 is 47.0 Å². The molecule has 32 heavy (non-hydrogen) atoms. The SMILES string of the molecule is CCc1ccc(OCC(=O)NC(NC(=S)Nc2ccc(NC(C)=O)cc2)C(Cl)(Cl)Cl)cc1. The summed E-state index contributed by atoms with van der Waals surface area (Å²) in [4.78, 5) is 23.4. The summed E-state index contributed by atoms with van der Waals surface area (Å²) in [7, 11) is 0. The molecule has 1 atom stereocenters. The van der Waals surface area contributed by atoms with Gasteiger partial charge in [-0.05, 0) is 60.6 Å². The molecule has 0 aliphatic heterocycles. The van der Waals surface area contributed by atoms with Crippen molar-refractivity contribution in [1.82, 2.24) is 10.6 Å². The van der Waals surface area contributed by atoms with Crippen molar-refractivity contribution in [2.45, 2.75) is 30.2 Å². The second-order valence-electron chi connectivity index (χ2n) is 6.69. The first kappa shape index (κ1) is 26.0. The van der Waals surface area contributed by atoms with Gasteiger partial charge in [-0.3, -0.25) is 9.59 Å². The number of amides is 2. The van der Waals surface area contributed by atoms with Crippen LogP contribution in [0.1, 0.15) is 19.4 Å². The van der Waals surface area contributed by atoms with Crippen molar-refractivity contribution in [1.29, 1.82) is 0 Å². The lowest BCUT2D eigenvalue weighted by molar-refractivity contribution is -0.123. The molecule has 7 nitrogen and oxygen atoms in total. The van der Waals surface area contributed by atoms with Crippen LogP contribution in [0.4, 0.5) is 11.4 Å². The Kier molecular flexibility index (Phi) is 9.84. The summed E-state index contributed by atoms with van der Waals surface area (Å²) in [6, 6.07) is 14.2. The van der Waals surface area contributed by atoms with Crippen LogP contribution in [-0.2, 0) is 16.0 Å². The van der Waals surface area contributed by atoms with Gasteiger partial charge in [-0.1, -0.05) is 53.9 Å². The third kappa shape index (κ3) is 9.08. The molecule has 1 unspecified atom stereocenters. The highest BCUT2D eigenvalue weighted by atomic mass is 35.6.